The maximum atomic E-state index is 3.62. The minimum atomic E-state index is 0.744. The molecule has 2 heterocycles. The molecule has 2 saturated heterocycles. The SMILES string of the molecule is CC(C)CNCC1CCN(C(C)CN2CCCC2)C1. The summed E-state index contributed by atoms with van der Waals surface area (Å²) in [5.74, 6) is 1.64. The maximum absolute atomic E-state index is 3.62. The van der Waals surface area contributed by atoms with E-state index >= 15 is 0 Å². The molecule has 112 valence electrons. The lowest BCUT2D eigenvalue weighted by atomic mass is 10.1. The van der Waals surface area contributed by atoms with Crippen LogP contribution in [0.25, 0.3) is 0 Å². The second-order valence-electron chi connectivity index (χ2n) is 7.06. The molecule has 19 heavy (non-hydrogen) atoms. The quantitative estimate of drug-likeness (QED) is 0.761. The molecule has 0 spiro atoms. The van der Waals surface area contributed by atoms with Gasteiger partial charge in [-0.15, -0.1) is 0 Å². The third-order valence-corrected chi connectivity index (χ3v) is 4.65. The van der Waals surface area contributed by atoms with Crippen molar-refractivity contribution >= 4 is 0 Å². The Hall–Kier alpha value is -0.120. The molecule has 3 heteroatoms. The number of hydrogen-bond acceptors (Lipinski definition) is 3. The number of nitrogens with one attached hydrogen (secondary N) is 1. The summed E-state index contributed by atoms with van der Waals surface area (Å²) in [6.07, 6.45) is 4.21. The Bertz CT molecular complexity index is 248. The van der Waals surface area contributed by atoms with E-state index in [4.69, 9.17) is 0 Å². The summed E-state index contributed by atoms with van der Waals surface area (Å²) in [6, 6.07) is 0.744. The average Bonchev–Trinajstić information content (AvgIpc) is 2.99. The van der Waals surface area contributed by atoms with E-state index in [9.17, 15) is 0 Å². The van der Waals surface area contributed by atoms with Crippen molar-refractivity contribution in [3.8, 4) is 0 Å². The molecule has 0 amide bonds. The molecule has 2 rings (SSSR count). The predicted octanol–water partition coefficient (Wildman–Crippen LogP) is 2.04. The highest BCUT2D eigenvalue weighted by Crippen LogP contribution is 2.19. The molecule has 0 aromatic rings. The highest BCUT2D eigenvalue weighted by atomic mass is 15.2. The standard InChI is InChI=1S/C16H33N3/c1-14(2)10-17-11-16-6-9-19(13-16)15(3)12-18-7-4-5-8-18/h14-17H,4-13H2,1-3H3. The molecule has 1 N–H and O–H groups in total. The Balaban J connectivity index is 1.63. The van der Waals surface area contributed by atoms with Crippen LogP contribution in [-0.2, 0) is 0 Å². The molecule has 0 aliphatic carbocycles. The molecule has 2 atom stereocenters. The fraction of sp³-hybridized carbons (Fsp3) is 1.00. The minimum absolute atomic E-state index is 0.744. The normalized spacial score (nSPS) is 27.5. The van der Waals surface area contributed by atoms with Crippen LogP contribution in [0, 0.1) is 11.8 Å². The Labute approximate surface area is 119 Å². The maximum Gasteiger partial charge on any atom is 0.0195 e. The first-order chi connectivity index (χ1) is 9.15. The van der Waals surface area contributed by atoms with Gasteiger partial charge < -0.3 is 10.2 Å². The fourth-order valence-electron chi connectivity index (χ4n) is 3.46. The van der Waals surface area contributed by atoms with Crippen LogP contribution in [0.15, 0.2) is 0 Å². The Kier molecular flexibility index (Phi) is 6.11. The molecule has 0 radical (unpaired) electrons. The molecule has 3 nitrogen and oxygen atoms in total. The molecular formula is C16H33N3. The van der Waals surface area contributed by atoms with Crippen molar-refractivity contribution in [3.63, 3.8) is 0 Å². The number of rotatable bonds is 7. The molecule has 2 fully saturated rings. The van der Waals surface area contributed by atoms with Crippen molar-refractivity contribution in [1.29, 1.82) is 0 Å². The van der Waals surface area contributed by atoms with E-state index in [2.05, 4.69) is 35.9 Å². The van der Waals surface area contributed by atoms with Crippen LogP contribution < -0.4 is 5.32 Å². The lowest BCUT2D eigenvalue weighted by Crippen LogP contribution is -2.40. The molecule has 2 aliphatic heterocycles. The lowest BCUT2D eigenvalue weighted by molar-refractivity contribution is 0.186. The van der Waals surface area contributed by atoms with Crippen LogP contribution in [0.4, 0.5) is 0 Å². The van der Waals surface area contributed by atoms with Gasteiger partial charge in [-0.05, 0) is 70.7 Å². The van der Waals surface area contributed by atoms with Gasteiger partial charge in [0, 0.05) is 19.1 Å². The Morgan fingerprint density at radius 2 is 1.84 bits per heavy atom. The average molecular weight is 267 g/mol. The minimum Gasteiger partial charge on any atom is -0.316 e. The zero-order valence-corrected chi connectivity index (χ0v) is 13.2. The predicted molar refractivity (Wildman–Crippen MR) is 82.5 cm³/mol. The summed E-state index contributed by atoms with van der Waals surface area (Å²) in [5, 5.41) is 3.62. The largest absolute Gasteiger partial charge is 0.316 e. The first-order valence-electron chi connectivity index (χ1n) is 8.32. The third kappa shape index (κ3) is 5.05. The first kappa shape index (κ1) is 15.3. The second kappa shape index (κ2) is 7.61. The van der Waals surface area contributed by atoms with Crippen LogP contribution in [0.2, 0.25) is 0 Å². The van der Waals surface area contributed by atoms with Crippen molar-refractivity contribution in [1.82, 2.24) is 15.1 Å². The van der Waals surface area contributed by atoms with Gasteiger partial charge in [-0.25, -0.2) is 0 Å². The van der Waals surface area contributed by atoms with Gasteiger partial charge in [0.05, 0.1) is 0 Å². The van der Waals surface area contributed by atoms with E-state index in [-0.39, 0.29) is 0 Å². The van der Waals surface area contributed by atoms with Gasteiger partial charge in [0.2, 0.25) is 0 Å². The molecular weight excluding hydrogens is 234 g/mol. The Morgan fingerprint density at radius 1 is 1.11 bits per heavy atom. The van der Waals surface area contributed by atoms with E-state index in [1.807, 2.05) is 0 Å². The summed E-state index contributed by atoms with van der Waals surface area (Å²) in [4.78, 5) is 5.36. The van der Waals surface area contributed by atoms with Gasteiger partial charge in [0.1, 0.15) is 0 Å². The van der Waals surface area contributed by atoms with E-state index in [1.165, 1.54) is 65.1 Å². The third-order valence-electron chi connectivity index (χ3n) is 4.65. The van der Waals surface area contributed by atoms with Crippen molar-refractivity contribution in [2.45, 2.75) is 46.1 Å². The summed E-state index contributed by atoms with van der Waals surface area (Å²) in [7, 11) is 0. The summed E-state index contributed by atoms with van der Waals surface area (Å²) >= 11 is 0. The highest BCUT2D eigenvalue weighted by Gasteiger charge is 2.27. The summed E-state index contributed by atoms with van der Waals surface area (Å²) in [5.41, 5.74) is 0. The lowest BCUT2D eigenvalue weighted by Gasteiger charge is -2.28. The molecule has 2 unspecified atom stereocenters. The molecule has 0 bridgehead atoms. The van der Waals surface area contributed by atoms with Gasteiger partial charge in [0.15, 0.2) is 0 Å². The van der Waals surface area contributed by atoms with Crippen LogP contribution >= 0.6 is 0 Å². The number of likely N-dealkylation sites (tertiary alicyclic amines) is 2. The van der Waals surface area contributed by atoms with Crippen LogP contribution in [0.1, 0.15) is 40.0 Å². The fourth-order valence-corrected chi connectivity index (χ4v) is 3.46. The van der Waals surface area contributed by atoms with Crippen LogP contribution in [0.5, 0.6) is 0 Å². The van der Waals surface area contributed by atoms with Crippen molar-refractivity contribution in [2.24, 2.45) is 11.8 Å². The first-order valence-corrected chi connectivity index (χ1v) is 8.32. The molecule has 0 saturated carbocycles. The zero-order valence-electron chi connectivity index (χ0n) is 13.2. The topological polar surface area (TPSA) is 18.5 Å². The zero-order chi connectivity index (χ0) is 13.7. The smallest absolute Gasteiger partial charge is 0.0195 e. The molecule has 0 aromatic heterocycles. The van der Waals surface area contributed by atoms with Crippen LogP contribution in [0.3, 0.4) is 0 Å². The van der Waals surface area contributed by atoms with E-state index in [0.29, 0.717) is 0 Å². The van der Waals surface area contributed by atoms with E-state index in [0.717, 1.165) is 17.9 Å². The van der Waals surface area contributed by atoms with Crippen molar-refractivity contribution in [2.75, 3.05) is 45.8 Å². The van der Waals surface area contributed by atoms with E-state index < -0.39 is 0 Å². The van der Waals surface area contributed by atoms with Crippen molar-refractivity contribution < 1.29 is 0 Å². The van der Waals surface area contributed by atoms with Gasteiger partial charge in [-0.1, -0.05) is 13.8 Å². The Morgan fingerprint density at radius 3 is 2.53 bits per heavy atom. The second-order valence-corrected chi connectivity index (χ2v) is 7.06. The van der Waals surface area contributed by atoms with E-state index in [1.54, 1.807) is 0 Å². The molecule has 0 aromatic carbocycles. The summed E-state index contributed by atoms with van der Waals surface area (Å²) in [6.45, 7) is 15.9. The number of nitrogens with zero attached hydrogens (tertiary/aromatic N) is 2. The summed E-state index contributed by atoms with van der Waals surface area (Å²) < 4.78 is 0. The van der Waals surface area contributed by atoms with Gasteiger partial charge >= 0.3 is 0 Å². The van der Waals surface area contributed by atoms with Gasteiger partial charge in [-0.2, -0.15) is 0 Å². The van der Waals surface area contributed by atoms with Gasteiger partial charge in [0.25, 0.3) is 0 Å². The number of hydrogen-bond donors (Lipinski definition) is 1. The van der Waals surface area contributed by atoms with Gasteiger partial charge in [-0.3, -0.25) is 4.90 Å². The molecule has 2 aliphatic rings. The highest BCUT2D eigenvalue weighted by molar-refractivity contribution is 4.83. The van der Waals surface area contributed by atoms with Crippen LogP contribution in [-0.4, -0.2) is 61.7 Å². The monoisotopic (exact) mass is 267 g/mol. The van der Waals surface area contributed by atoms with Crippen molar-refractivity contribution in [3.05, 3.63) is 0 Å².